The zero-order chi connectivity index (χ0) is 18.1. The van der Waals surface area contributed by atoms with E-state index >= 15 is 0 Å². The molecule has 0 unspecified atom stereocenters. The molecule has 1 fully saturated rings. The number of hydrogen-bond acceptors (Lipinski definition) is 4. The van der Waals surface area contributed by atoms with Crippen LogP contribution in [0.25, 0.3) is 0 Å². The summed E-state index contributed by atoms with van der Waals surface area (Å²) in [5.41, 5.74) is 0.956. The molecular weight excluding hydrogens is 325 g/mol. The third kappa shape index (κ3) is 7.19. The molecule has 6 nitrogen and oxygen atoms in total. The third-order valence-electron chi connectivity index (χ3n) is 4.22. The van der Waals surface area contributed by atoms with Gasteiger partial charge in [0.15, 0.2) is 0 Å². The molecule has 1 aliphatic rings. The fourth-order valence-electron chi connectivity index (χ4n) is 2.66. The summed E-state index contributed by atoms with van der Waals surface area (Å²) < 4.78 is 18.1. The molecule has 7 heteroatoms. The number of benzene rings is 1. The highest BCUT2D eigenvalue weighted by Gasteiger charge is 2.16. The molecule has 2 amide bonds. The van der Waals surface area contributed by atoms with E-state index in [1.807, 2.05) is 0 Å². The van der Waals surface area contributed by atoms with Gasteiger partial charge < -0.3 is 15.0 Å². The predicted octanol–water partition coefficient (Wildman–Crippen LogP) is 0.665. The Morgan fingerprint density at radius 2 is 1.92 bits per heavy atom. The molecule has 138 valence electrons. The first kappa shape index (κ1) is 19.3. The molecule has 0 atom stereocenters. The number of hydrogen-bond donors (Lipinski definition) is 1. The van der Waals surface area contributed by atoms with Crippen molar-refractivity contribution in [2.24, 2.45) is 0 Å². The van der Waals surface area contributed by atoms with Crippen molar-refractivity contribution in [3.63, 3.8) is 0 Å². The molecule has 1 aliphatic heterocycles. The topological polar surface area (TPSA) is 61.9 Å². The summed E-state index contributed by atoms with van der Waals surface area (Å²) in [6.07, 6.45) is 0.625. The Hall–Kier alpha value is -1.99. The van der Waals surface area contributed by atoms with Gasteiger partial charge in [0.25, 0.3) is 0 Å². The number of ether oxygens (including phenoxy) is 1. The van der Waals surface area contributed by atoms with E-state index in [4.69, 9.17) is 4.74 Å². The highest BCUT2D eigenvalue weighted by molar-refractivity contribution is 5.83. The Balaban J connectivity index is 1.69. The maximum atomic E-state index is 12.8. The second kappa shape index (κ2) is 10.1. The maximum Gasteiger partial charge on any atom is 0.239 e. The standard InChI is InChI=1S/C18H26FN3O3/c1-15(23)22(9-8-21-10-12-25-13-11-21)14-18(24)20-7-6-16-2-4-17(19)5-3-16/h2-5H,6-14H2,1H3,(H,20,24). The van der Waals surface area contributed by atoms with Crippen molar-refractivity contribution in [2.45, 2.75) is 13.3 Å². The Morgan fingerprint density at radius 3 is 2.56 bits per heavy atom. The van der Waals surface area contributed by atoms with Crippen molar-refractivity contribution in [3.05, 3.63) is 35.6 Å². The number of nitrogens with zero attached hydrogens (tertiary/aromatic N) is 2. The molecular formula is C18H26FN3O3. The van der Waals surface area contributed by atoms with Crippen LogP contribution in [0.4, 0.5) is 4.39 Å². The molecule has 1 saturated heterocycles. The van der Waals surface area contributed by atoms with Gasteiger partial charge in [-0.3, -0.25) is 14.5 Å². The summed E-state index contributed by atoms with van der Waals surface area (Å²) in [6, 6.07) is 6.21. The van der Waals surface area contributed by atoms with E-state index in [2.05, 4.69) is 10.2 Å². The van der Waals surface area contributed by atoms with Gasteiger partial charge in [-0.1, -0.05) is 12.1 Å². The third-order valence-corrected chi connectivity index (χ3v) is 4.22. The molecule has 0 aliphatic carbocycles. The number of amides is 2. The van der Waals surface area contributed by atoms with Gasteiger partial charge in [0.1, 0.15) is 5.82 Å². The second-order valence-corrected chi connectivity index (χ2v) is 6.12. The minimum Gasteiger partial charge on any atom is -0.379 e. The summed E-state index contributed by atoms with van der Waals surface area (Å²) >= 11 is 0. The number of rotatable bonds is 8. The van der Waals surface area contributed by atoms with Crippen LogP contribution in [-0.4, -0.2) is 74.1 Å². The van der Waals surface area contributed by atoms with Crippen molar-refractivity contribution in [1.29, 1.82) is 0 Å². The van der Waals surface area contributed by atoms with Gasteiger partial charge in [-0.05, 0) is 24.1 Å². The monoisotopic (exact) mass is 351 g/mol. The van der Waals surface area contributed by atoms with Crippen LogP contribution in [0.2, 0.25) is 0 Å². The average Bonchev–Trinajstić information content (AvgIpc) is 2.61. The number of morpholine rings is 1. The van der Waals surface area contributed by atoms with Gasteiger partial charge in [0, 0.05) is 39.6 Å². The average molecular weight is 351 g/mol. The second-order valence-electron chi connectivity index (χ2n) is 6.12. The van der Waals surface area contributed by atoms with Gasteiger partial charge in [-0.25, -0.2) is 4.39 Å². The summed E-state index contributed by atoms with van der Waals surface area (Å²) in [5, 5.41) is 2.81. The van der Waals surface area contributed by atoms with E-state index in [1.165, 1.54) is 19.1 Å². The molecule has 1 aromatic carbocycles. The van der Waals surface area contributed by atoms with Crippen molar-refractivity contribution in [3.8, 4) is 0 Å². The highest BCUT2D eigenvalue weighted by atomic mass is 19.1. The molecule has 1 heterocycles. The van der Waals surface area contributed by atoms with Crippen LogP contribution in [-0.2, 0) is 20.7 Å². The Morgan fingerprint density at radius 1 is 1.24 bits per heavy atom. The van der Waals surface area contributed by atoms with Crippen LogP contribution in [0, 0.1) is 5.82 Å². The number of carbonyl (C=O) groups is 2. The van der Waals surface area contributed by atoms with Crippen LogP contribution >= 0.6 is 0 Å². The van der Waals surface area contributed by atoms with Crippen LogP contribution in [0.5, 0.6) is 0 Å². The van der Waals surface area contributed by atoms with Gasteiger partial charge in [-0.2, -0.15) is 0 Å². The molecule has 0 radical (unpaired) electrons. The first-order chi connectivity index (χ1) is 12.0. The molecule has 0 saturated carbocycles. The van der Waals surface area contributed by atoms with Gasteiger partial charge in [-0.15, -0.1) is 0 Å². The summed E-state index contributed by atoms with van der Waals surface area (Å²) in [7, 11) is 0. The fraction of sp³-hybridized carbons (Fsp3) is 0.556. The Bertz CT molecular complexity index is 559. The zero-order valence-electron chi connectivity index (χ0n) is 14.7. The predicted molar refractivity (Wildman–Crippen MR) is 92.6 cm³/mol. The van der Waals surface area contributed by atoms with Crippen LogP contribution < -0.4 is 5.32 Å². The lowest BCUT2D eigenvalue weighted by Gasteiger charge is -2.29. The number of carbonyl (C=O) groups excluding carboxylic acids is 2. The summed E-state index contributed by atoms with van der Waals surface area (Å²) in [6.45, 7) is 6.40. The van der Waals surface area contributed by atoms with E-state index in [-0.39, 0.29) is 24.2 Å². The Labute approximate surface area is 147 Å². The molecule has 25 heavy (non-hydrogen) atoms. The maximum absolute atomic E-state index is 12.8. The van der Waals surface area contributed by atoms with E-state index in [0.29, 0.717) is 32.7 Å². The van der Waals surface area contributed by atoms with E-state index in [9.17, 15) is 14.0 Å². The molecule has 0 bridgehead atoms. The number of nitrogens with one attached hydrogen (secondary N) is 1. The molecule has 0 spiro atoms. The minimum absolute atomic E-state index is 0.0586. The summed E-state index contributed by atoms with van der Waals surface area (Å²) in [4.78, 5) is 27.6. The van der Waals surface area contributed by atoms with E-state index < -0.39 is 0 Å². The highest BCUT2D eigenvalue weighted by Crippen LogP contribution is 2.03. The van der Waals surface area contributed by atoms with Crippen LogP contribution in [0.15, 0.2) is 24.3 Å². The largest absolute Gasteiger partial charge is 0.379 e. The first-order valence-corrected chi connectivity index (χ1v) is 8.61. The van der Waals surface area contributed by atoms with Crippen molar-refractivity contribution < 1.29 is 18.7 Å². The fourth-order valence-corrected chi connectivity index (χ4v) is 2.66. The lowest BCUT2D eigenvalue weighted by molar-refractivity contribution is -0.134. The zero-order valence-corrected chi connectivity index (χ0v) is 14.7. The smallest absolute Gasteiger partial charge is 0.239 e. The van der Waals surface area contributed by atoms with Crippen molar-refractivity contribution in [1.82, 2.24) is 15.1 Å². The van der Waals surface area contributed by atoms with Crippen molar-refractivity contribution in [2.75, 3.05) is 52.5 Å². The van der Waals surface area contributed by atoms with Crippen molar-refractivity contribution >= 4 is 11.8 Å². The first-order valence-electron chi connectivity index (χ1n) is 8.61. The van der Waals surface area contributed by atoms with Gasteiger partial charge >= 0.3 is 0 Å². The van der Waals surface area contributed by atoms with Crippen LogP contribution in [0.1, 0.15) is 12.5 Å². The van der Waals surface area contributed by atoms with Crippen LogP contribution in [0.3, 0.4) is 0 Å². The molecule has 1 aromatic rings. The minimum atomic E-state index is -0.273. The lowest BCUT2D eigenvalue weighted by atomic mass is 10.1. The number of halogens is 1. The van der Waals surface area contributed by atoms with E-state index in [1.54, 1.807) is 17.0 Å². The molecule has 1 N–H and O–H groups in total. The Kier molecular flexibility index (Phi) is 7.81. The molecule has 2 rings (SSSR count). The molecule has 0 aromatic heterocycles. The van der Waals surface area contributed by atoms with E-state index in [0.717, 1.165) is 25.2 Å². The quantitative estimate of drug-likeness (QED) is 0.748. The SMILES string of the molecule is CC(=O)N(CCN1CCOCC1)CC(=O)NCCc1ccc(F)cc1. The normalized spacial score (nSPS) is 15.0. The lowest BCUT2D eigenvalue weighted by Crippen LogP contribution is -2.45. The summed E-state index contributed by atoms with van der Waals surface area (Å²) in [5.74, 6) is -0.564. The van der Waals surface area contributed by atoms with Gasteiger partial charge in [0.05, 0.1) is 19.8 Å². The van der Waals surface area contributed by atoms with Gasteiger partial charge in [0.2, 0.25) is 11.8 Å².